The van der Waals surface area contributed by atoms with Gasteiger partial charge in [0.05, 0.1) is 22.5 Å². The van der Waals surface area contributed by atoms with E-state index in [1.165, 1.54) is 6.92 Å². The van der Waals surface area contributed by atoms with Gasteiger partial charge in [0.2, 0.25) is 5.91 Å². The van der Waals surface area contributed by atoms with Crippen LogP contribution in [0.25, 0.3) is 0 Å². The molecule has 0 spiro atoms. The number of hydrogen-bond acceptors (Lipinski definition) is 5. The van der Waals surface area contributed by atoms with E-state index in [0.29, 0.717) is 28.3 Å². The van der Waals surface area contributed by atoms with Gasteiger partial charge >= 0.3 is 0 Å². The maximum absolute atomic E-state index is 12.4. The highest BCUT2D eigenvalue weighted by atomic mass is 16.2. The molecule has 1 aromatic carbocycles. The van der Waals surface area contributed by atoms with Crippen molar-refractivity contribution in [3.63, 3.8) is 0 Å². The first-order chi connectivity index (χ1) is 11.4. The Hall–Kier alpha value is -3.22. The minimum Gasteiger partial charge on any atom is -0.397 e. The van der Waals surface area contributed by atoms with Crippen LogP contribution < -0.4 is 11.1 Å². The number of carbonyl (C=O) groups excluding carboxylic acids is 3. The first-order valence-electron chi connectivity index (χ1n) is 7.41. The number of nitrogens with two attached hydrogens (primary N) is 1. The fraction of sp³-hybridized carbons (Fsp3) is 0.176. The van der Waals surface area contributed by atoms with E-state index < -0.39 is 23.8 Å². The summed E-state index contributed by atoms with van der Waals surface area (Å²) in [5.41, 5.74) is 7.41. The summed E-state index contributed by atoms with van der Waals surface area (Å²) in [6.45, 7) is 3.22. The molecule has 3 amide bonds. The van der Waals surface area contributed by atoms with Crippen molar-refractivity contribution in [2.24, 2.45) is 0 Å². The lowest BCUT2D eigenvalue weighted by Crippen LogP contribution is -2.45. The van der Waals surface area contributed by atoms with Gasteiger partial charge in [0, 0.05) is 0 Å². The maximum Gasteiger partial charge on any atom is 0.262 e. The lowest BCUT2D eigenvalue weighted by molar-refractivity contribution is -0.119. The molecule has 7 nitrogen and oxygen atoms in total. The number of amides is 3. The summed E-state index contributed by atoms with van der Waals surface area (Å²) in [5, 5.41) is 2.60. The van der Waals surface area contributed by atoms with Crippen molar-refractivity contribution in [1.29, 1.82) is 0 Å². The molecule has 0 saturated heterocycles. The van der Waals surface area contributed by atoms with Crippen molar-refractivity contribution in [3.8, 4) is 0 Å². The van der Waals surface area contributed by atoms with E-state index in [-0.39, 0.29) is 0 Å². The summed E-state index contributed by atoms with van der Waals surface area (Å²) in [4.78, 5) is 42.3. The molecule has 3 N–H and O–H groups in total. The van der Waals surface area contributed by atoms with Crippen LogP contribution in [0, 0.1) is 6.92 Å². The Bertz CT molecular complexity index is 828. The Morgan fingerprint density at radius 1 is 1.12 bits per heavy atom. The molecule has 0 radical (unpaired) electrons. The van der Waals surface area contributed by atoms with Crippen LogP contribution in [-0.4, -0.2) is 33.6 Å². The monoisotopic (exact) mass is 324 g/mol. The number of anilines is 2. The quantitative estimate of drug-likeness (QED) is 0.834. The lowest BCUT2D eigenvalue weighted by Gasteiger charge is -2.21. The second-order valence-corrected chi connectivity index (χ2v) is 5.56. The zero-order chi connectivity index (χ0) is 17.4. The summed E-state index contributed by atoms with van der Waals surface area (Å²) in [5.74, 6) is -1.13. The number of nitrogens with zero attached hydrogens (tertiary/aromatic N) is 2. The molecule has 0 saturated carbocycles. The maximum atomic E-state index is 12.4. The Labute approximate surface area is 138 Å². The topological polar surface area (TPSA) is 105 Å². The molecule has 1 aliphatic rings. The SMILES string of the molecule is Cc1nc(NC(=O)C(C)N2C(=O)c3ccccc3C2=O)ccc1N. The molecule has 0 fully saturated rings. The van der Waals surface area contributed by atoms with Crippen LogP contribution in [-0.2, 0) is 4.79 Å². The minimum absolute atomic E-state index is 0.309. The molecular formula is C17H16N4O3. The molecule has 24 heavy (non-hydrogen) atoms. The third-order valence-electron chi connectivity index (χ3n) is 3.97. The third kappa shape index (κ3) is 2.50. The number of hydrogen-bond donors (Lipinski definition) is 2. The Balaban J connectivity index is 1.80. The highest BCUT2D eigenvalue weighted by Gasteiger charge is 2.40. The summed E-state index contributed by atoms with van der Waals surface area (Å²) >= 11 is 0. The van der Waals surface area contributed by atoms with Crippen molar-refractivity contribution in [2.75, 3.05) is 11.1 Å². The van der Waals surface area contributed by atoms with Crippen molar-refractivity contribution < 1.29 is 14.4 Å². The van der Waals surface area contributed by atoms with Crippen LogP contribution in [0.3, 0.4) is 0 Å². The molecule has 2 aromatic rings. The smallest absolute Gasteiger partial charge is 0.262 e. The summed E-state index contributed by atoms with van der Waals surface area (Å²) in [6.07, 6.45) is 0. The zero-order valence-corrected chi connectivity index (χ0v) is 13.2. The van der Waals surface area contributed by atoms with Crippen LogP contribution in [0.15, 0.2) is 36.4 Å². The predicted octanol–water partition coefficient (Wildman–Crippen LogP) is 1.60. The van der Waals surface area contributed by atoms with Crippen molar-refractivity contribution in [3.05, 3.63) is 53.2 Å². The van der Waals surface area contributed by atoms with Gasteiger partial charge in [-0.2, -0.15) is 0 Å². The van der Waals surface area contributed by atoms with Crippen molar-refractivity contribution in [2.45, 2.75) is 19.9 Å². The van der Waals surface area contributed by atoms with Gasteiger partial charge in [0.25, 0.3) is 11.8 Å². The average Bonchev–Trinajstić information content (AvgIpc) is 2.82. The number of imide groups is 1. The summed E-state index contributed by atoms with van der Waals surface area (Å²) in [7, 11) is 0. The van der Waals surface area contributed by atoms with E-state index in [4.69, 9.17) is 5.73 Å². The first-order valence-corrected chi connectivity index (χ1v) is 7.41. The first kappa shape index (κ1) is 15.7. The van der Waals surface area contributed by atoms with Gasteiger partial charge in [-0.25, -0.2) is 4.98 Å². The number of rotatable bonds is 3. The number of fused-ring (bicyclic) bond motifs is 1. The van der Waals surface area contributed by atoms with Gasteiger partial charge in [0.1, 0.15) is 11.9 Å². The highest BCUT2D eigenvalue weighted by Crippen LogP contribution is 2.25. The molecular weight excluding hydrogens is 308 g/mol. The number of aromatic nitrogens is 1. The van der Waals surface area contributed by atoms with Gasteiger partial charge in [-0.15, -0.1) is 0 Å². The highest BCUT2D eigenvalue weighted by molar-refractivity contribution is 6.23. The third-order valence-corrected chi connectivity index (χ3v) is 3.97. The molecule has 7 heteroatoms. The standard InChI is InChI=1S/C17H16N4O3/c1-9-13(18)7-8-14(19-9)20-15(22)10(2)21-16(23)11-5-3-4-6-12(11)17(21)24/h3-8,10H,18H2,1-2H3,(H,19,20,22). The van der Waals surface area contributed by atoms with E-state index in [2.05, 4.69) is 10.3 Å². The van der Waals surface area contributed by atoms with Crippen LogP contribution in [0.4, 0.5) is 11.5 Å². The molecule has 1 atom stereocenters. The van der Waals surface area contributed by atoms with Gasteiger partial charge in [0.15, 0.2) is 0 Å². The molecule has 3 rings (SSSR count). The van der Waals surface area contributed by atoms with Crippen molar-refractivity contribution in [1.82, 2.24) is 9.88 Å². The van der Waals surface area contributed by atoms with Crippen molar-refractivity contribution >= 4 is 29.2 Å². The molecule has 1 unspecified atom stereocenters. The summed E-state index contributed by atoms with van der Waals surface area (Å²) in [6, 6.07) is 8.74. The molecule has 2 heterocycles. The largest absolute Gasteiger partial charge is 0.397 e. The van der Waals surface area contributed by atoms with Crippen LogP contribution in [0.1, 0.15) is 33.3 Å². The zero-order valence-electron chi connectivity index (χ0n) is 13.2. The fourth-order valence-corrected chi connectivity index (χ4v) is 2.55. The van der Waals surface area contributed by atoms with Crippen LogP contribution in [0.5, 0.6) is 0 Å². The summed E-state index contributed by atoms with van der Waals surface area (Å²) < 4.78 is 0. The number of pyridine rings is 1. The van der Waals surface area contributed by atoms with Crippen LogP contribution in [0.2, 0.25) is 0 Å². The normalized spacial score (nSPS) is 14.5. The number of nitrogen functional groups attached to an aromatic ring is 1. The fourth-order valence-electron chi connectivity index (χ4n) is 2.55. The Morgan fingerprint density at radius 3 is 2.25 bits per heavy atom. The molecule has 122 valence electrons. The van der Waals surface area contributed by atoms with E-state index in [1.807, 2.05) is 0 Å². The molecule has 0 bridgehead atoms. The van der Waals surface area contributed by atoms with Gasteiger partial charge in [-0.05, 0) is 38.1 Å². The average molecular weight is 324 g/mol. The number of aryl methyl sites for hydroxylation is 1. The molecule has 0 aliphatic carbocycles. The van der Waals surface area contributed by atoms with E-state index >= 15 is 0 Å². The minimum atomic E-state index is -0.961. The molecule has 1 aromatic heterocycles. The Kier molecular flexibility index (Phi) is 3.76. The second kappa shape index (κ2) is 5.77. The lowest BCUT2D eigenvalue weighted by atomic mass is 10.1. The van der Waals surface area contributed by atoms with E-state index in [9.17, 15) is 14.4 Å². The predicted molar refractivity (Wildman–Crippen MR) is 88.4 cm³/mol. The van der Waals surface area contributed by atoms with Gasteiger partial charge < -0.3 is 11.1 Å². The number of carbonyl (C=O) groups is 3. The Morgan fingerprint density at radius 2 is 1.71 bits per heavy atom. The van der Waals surface area contributed by atoms with E-state index in [1.54, 1.807) is 43.3 Å². The number of benzene rings is 1. The van der Waals surface area contributed by atoms with Crippen LogP contribution >= 0.6 is 0 Å². The number of nitrogens with one attached hydrogen (secondary N) is 1. The second-order valence-electron chi connectivity index (χ2n) is 5.56. The van der Waals surface area contributed by atoms with E-state index in [0.717, 1.165) is 4.90 Å². The molecule has 1 aliphatic heterocycles. The van der Waals surface area contributed by atoms with Gasteiger partial charge in [-0.3, -0.25) is 19.3 Å². The van der Waals surface area contributed by atoms with Gasteiger partial charge in [-0.1, -0.05) is 12.1 Å².